The predicted octanol–water partition coefficient (Wildman–Crippen LogP) is -12.8. The van der Waals surface area contributed by atoms with Gasteiger partial charge in [-0.2, -0.15) is 0 Å². The molecule has 2 amide bonds. The van der Waals surface area contributed by atoms with Crippen LogP contribution in [-0.4, -0.2) is 316 Å². The van der Waals surface area contributed by atoms with E-state index in [0.29, 0.717) is 0 Å². The number of hydrogen-bond acceptors (Lipinski definition) is 30. The number of ether oxygens (including phenoxy) is 11. The van der Waals surface area contributed by atoms with Gasteiger partial charge in [-0.25, -0.2) is 0 Å². The van der Waals surface area contributed by atoms with Crippen LogP contribution in [0.4, 0.5) is 0 Å². The third kappa shape index (κ3) is 12.5. The van der Waals surface area contributed by atoms with Crippen LogP contribution in [0.15, 0.2) is 0 Å². The van der Waals surface area contributed by atoms with E-state index in [1.54, 1.807) is 0 Å². The minimum absolute atomic E-state index is 0.784. The molecule has 0 unspecified atom stereocenters. The van der Waals surface area contributed by atoms with Crippen molar-refractivity contribution in [3.05, 3.63) is 0 Å². The van der Waals surface area contributed by atoms with Crippen LogP contribution in [0.2, 0.25) is 0 Å². The van der Waals surface area contributed by atoms with Gasteiger partial charge in [-0.3, -0.25) is 9.59 Å². The highest BCUT2D eigenvalue weighted by Gasteiger charge is 2.59. The molecule has 6 rings (SSSR count). The topological polar surface area (TPSA) is 504 Å². The van der Waals surface area contributed by atoms with Crippen molar-refractivity contribution in [1.29, 1.82) is 0 Å². The largest absolute Gasteiger partial charge is 0.394 e. The van der Waals surface area contributed by atoms with Crippen molar-refractivity contribution in [2.45, 2.75) is 205 Å². The van der Waals surface area contributed by atoms with Crippen molar-refractivity contribution >= 4 is 11.8 Å². The molecular weight excluding hydrogens is 988 g/mol. The Hall–Kier alpha value is -2.18. The molecule has 6 saturated heterocycles. The maximum Gasteiger partial charge on any atom is 0.217 e. The molecule has 0 aromatic rings. The molecule has 6 heterocycles. The average molecular weight is 1060 g/mol. The van der Waals surface area contributed by atoms with Gasteiger partial charge in [-0.05, 0) is 6.92 Å². The second-order valence-electron chi connectivity index (χ2n) is 18.2. The molecule has 0 aromatic carbocycles. The zero-order valence-corrected chi connectivity index (χ0v) is 38.8. The third-order valence-electron chi connectivity index (χ3n) is 13.2. The Morgan fingerprint density at radius 3 is 1.32 bits per heavy atom. The van der Waals surface area contributed by atoms with E-state index in [2.05, 4.69) is 10.6 Å². The first-order valence-corrected chi connectivity index (χ1v) is 23.0. The van der Waals surface area contributed by atoms with Gasteiger partial charge in [-0.1, -0.05) is 0 Å². The molecule has 19 N–H and O–H groups in total. The van der Waals surface area contributed by atoms with Gasteiger partial charge in [0.05, 0.1) is 39.1 Å². The lowest BCUT2D eigenvalue weighted by molar-refractivity contribution is -0.402. The first-order chi connectivity index (χ1) is 34.0. The number of carbonyl (C=O) groups is 2. The van der Waals surface area contributed by atoms with Crippen LogP contribution in [0.25, 0.3) is 0 Å². The molecule has 0 radical (unpaired) electrons. The monoisotopic (exact) mass is 1060 g/mol. The summed E-state index contributed by atoms with van der Waals surface area (Å²) in [6.07, 6.45) is -52.8. The quantitative estimate of drug-likeness (QED) is 0.0643. The summed E-state index contributed by atoms with van der Waals surface area (Å²) in [4.78, 5) is 25.0. The maximum absolute atomic E-state index is 12.7. The van der Waals surface area contributed by atoms with E-state index < -0.39 is 229 Å². The lowest BCUT2D eigenvalue weighted by atomic mass is 9.93. The molecule has 6 aliphatic rings. The molecule has 0 aliphatic carbocycles. The molecule has 32 heteroatoms. The average Bonchev–Trinajstić information content (AvgIpc) is 3.34. The molecular formula is C40H68N2O30. The van der Waals surface area contributed by atoms with Gasteiger partial charge in [-0.15, -0.1) is 0 Å². The fourth-order valence-electron chi connectivity index (χ4n) is 9.24. The smallest absolute Gasteiger partial charge is 0.217 e. The van der Waals surface area contributed by atoms with Gasteiger partial charge < -0.3 is 150 Å². The highest BCUT2D eigenvalue weighted by molar-refractivity contribution is 5.73. The van der Waals surface area contributed by atoms with Crippen LogP contribution < -0.4 is 10.6 Å². The number of hydrogen-bond donors (Lipinski definition) is 19. The van der Waals surface area contributed by atoms with Crippen LogP contribution in [-0.2, 0) is 61.7 Å². The normalized spacial score (nSPS) is 50.3. The minimum atomic E-state index is -2.15. The SMILES string of the molecule is CC(=O)N[C@H]1[C@H](O[C@H]2[C@@H](O)[C@@H](CO)O[C@@H](O[C@H]3[C@H](O)[C@@H](O)[C@H](O)O[C@@H]3CO)[C@@H]2O)O[C@H](CO)[C@@H](O[C@@H]2O[C@H](CO)[C@H](O)[C@H](O[C@H]3O[C@H](CO)[C@H](O)[C@H](O)[C@H]3NC(C)=O)[C@H]2O[C@@H]2O[C@@H](C)[C@@H](O)[C@@H](O)[C@@H]2O)[C@@H]1O. The number of aliphatic hydroxyl groups is 17. The van der Waals surface area contributed by atoms with Crippen LogP contribution in [0.3, 0.4) is 0 Å². The summed E-state index contributed by atoms with van der Waals surface area (Å²) in [7, 11) is 0. The molecule has 72 heavy (non-hydrogen) atoms. The fraction of sp³-hybridized carbons (Fsp3) is 0.950. The van der Waals surface area contributed by atoms with Gasteiger partial charge in [0, 0.05) is 13.8 Å². The number of rotatable bonds is 17. The molecule has 0 saturated carbocycles. The lowest BCUT2D eigenvalue weighted by Gasteiger charge is -2.51. The van der Waals surface area contributed by atoms with Gasteiger partial charge in [0.1, 0.15) is 140 Å². The Morgan fingerprint density at radius 2 is 0.764 bits per heavy atom. The van der Waals surface area contributed by atoms with Crippen molar-refractivity contribution in [2.75, 3.05) is 33.0 Å². The molecule has 6 fully saturated rings. The summed E-state index contributed by atoms with van der Waals surface area (Å²) in [5.74, 6) is -1.66. The second kappa shape index (κ2) is 25.3. The Balaban J connectivity index is 1.32. The molecule has 30 atom stereocenters. The van der Waals surface area contributed by atoms with Gasteiger partial charge in [0.25, 0.3) is 0 Å². The number of aliphatic hydroxyl groups excluding tert-OH is 17. The molecule has 0 spiro atoms. The van der Waals surface area contributed by atoms with Crippen molar-refractivity contribution in [3.8, 4) is 0 Å². The van der Waals surface area contributed by atoms with Crippen molar-refractivity contribution < 1.29 is 149 Å². The minimum Gasteiger partial charge on any atom is -0.394 e. The molecule has 0 bridgehead atoms. The molecule has 6 aliphatic heterocycles. The number of carbonyl (C=O) groups excluding carboxylic acids is 2. The Bertz CT molecular complexity index is 1730. The Labute approximate surface area is 408 Å². The van der Waals surface area contributed by atoms with Crippen LogP contribution >= 0.6 is 0 Å². The standard InChI is InChI=1S/C40H68N2O30/c1-9-19(50)25(56)28(59)38(62-9)72-34-33(71-36-17(41-10(2)48)23(54)20(51)12(4-43)64-36)22(53)14(6-45)66-40(34)69-30-16(8-47)67-37(18(24(30)55)42-11(3)49)70-32-21(52)13(5-44)65-39(29(32)60)68-31-15(7-46)63-35(61)27(58)26(31)57/h9,12-40,43-47,50-61H,4-8H2,1-3H3,(H,41,48)(H,42,49)/t9-,12+,13+,14+,15+,16+,17+,18+,19+,20-,21-,22-,23+,24+,25+,26+,27+,28-,29+,30+,31+,32-,33-,34+,35+,36+,37-,38-,39-,40-/m0/s1. The highest BCUT2D eigenvalue weighted by atomic mass is 16.8. The van der Waals surface area contributed by atoms with Crippen LogP contribution in [0.1, 0.15) is 20.8 Å². The first kappa shape index (κ1) is 59.1. The third-order valence-corrected chi connectivity index (χ3v) is 13.2. The second-order valence-corrected chi connectivity index (χ2v) is 18.2. The first-order valence-electron chi connectivity index (χ1n) is 23.0. The van der Waals surface area contributed by atoms with E-state index in [4.69, 9.17) is 52.1 Å². The molecule has 0 aromatic heterocycles. The Kier molecular flexibility index (Phi) is 20.8. The highest BCUT2D eigenvalue weighted by Crippen LogP contribution is 2.38. The summed E-state index contributed by atoms with van der Waals surface area (Å²) in [6, 6.07) is -3.49. The van der Waals surface area contributed by atoms with E-state index in [9.17, 15) is 96.4 Å². The summed E-state index contributed by atoms with van der Waals surface area (Å²) in [5, 5.41) is 187. The Morgan fingerprint density at radius 1 is 0.361 bits per heavy atom. The van der Waals surface area contributed by atoms with E-state index in [0.717, 1.165) is 13.8 Å². The summed E-state index contributed by atoms with van der Waals surface area (Å²) in [6.45, 7) is -1.61. The van der Waals surface area contributed by atoms with E-state index >= 15 is 0 Å². The molecule has 418 valence electrons. The summed E-state index contributed by atoms with van der Waals surface area (Å²) < 4.78 is 63.8. The lowest BCUT2D eigenvalue weighted by Crippen LogP contribution is -2.71. The fourth-order valence-corrected chi connectivity index (χ4v) is 9.24. The van der Waals surface area contributed by atoms with Gasteiger partial charge >= 0.3 is 0 Å². The number of amides is 2. The van der Waals surface area contributed by atoms with Crippen molar-refractivity contribution in [1.82, 2.24) is 10.6 Å². The van der Waals surface area contributed by atoms with Gasteiger partial charge in [0.15, 0.2) is 37.7 Å². The number of nitrogens with one attached hydrogen (secondary N) is 2. The zero-order valence-electron chi connectivity index (χ0n) is 38.8. The van der Waals surface area contributed by atoms with Crippen molar-refractivity contribution in [2.24, 2.45) is 0 Å². The van der Waals surface area contributed by atoms with E-state index in [1.165, 1.54) is 6.92 Å². The molecule has 32 nitrogen and oxygen atoms in total. The maximum atomic E-state index is 12.7. The van der Waals surface area contributed by atoms with E-state index in [1.807, 2.05) is 0 Å². The van der Waals surface area contributed by atoms with Crippen LogP contribution in [0, 0.1) is 0 Å². The van der Waals surface area contributed by atoms with Gasteiger partial charge in [0.2, 0.25) is 11.8 Å². The van der Waals surface area contributed by atoms with E-state index in [-0.39, 0.29) is 0 Å². The summed E-state index contributed by atoms with van der Waals surface area (Å²) in [5.41, 5.74) is 0. The summed E-state index contributed by atoms with van der Waals surface area (Å²) >= 11 is 0. The van der Waals surface area contributed by atoms with Crippen LogP contribution in [0.5, 0.6) is 0 Å². The predicted molar refractivity (Wildman–Crippen MR) is 221 cm³/mol. The van der Waals surface area contributed by atoms with Crippen molar-refractivity contribution in [3.63, 3.8) is 0 Å². The zero-order chi connectivity index (χ0) is 53.2.